The molecule has 0 saturated heterocycles. The molecule has 0 aliphatic heterocycles. The molecule has 0 aromatic heterocycles. The molecule has 0 aromatic carbocycles. The van der Waals surface area contributed by atoms with Crippen LogP contribution in [0.3, 0.4) is 0 Å². The maximum atomic E-state index is 12.7. The summed E-state index contributed by atoms with van der Waals surface area (Å²) in [5.41, 5.74) is 0. The fraction of sp³-hybridized carbons (Fsp3) is 0.725. The molecule has 0 aliphatic carbocycles. The second-order valence-corrected chi connectivity index (χ2v) is 15.3. The quantitative estimate of drug-likeness (QED) is 0.0351. The summed E-state index contributed by atoms with van der Waals surface area (Å²) in [4.78, 5) is 25.2. The van der Waals surface area contributed by atoms with E-state index in [-0.39, 0.29) is 25.2 Å². The molecule has 56 heavy (non-hydrogen) atoms. The average Bonchev–Trinajstić information content (AvgIpc) is 3.20. The number of unbranched alkanes of at least 4 members (excludes halogenated alkanes) is 19. The summed E-state index contributed by atoms with van der Waals surface area (Å²) >= 11 is 0. The molecule has 0 fully saturated rings. The number of carbonyl (C=O) groups excluding carboxylic acids is 2. The Morgan fingerprint density at radius 1 is 0.411 bits per heavy atom. The number of ether oxygens (including phenoxy) is 3. The van der Waals surface area contributed by atoms with Gasteiger partial charge in [-0.3, -0.25) is 9.59 Å². The SMILES string of the molecule is CC/C=C\C/C=C\C/C=C\C/C=C\CCC(=O)OCC(COCCCCCCCC/C=C\C/C=C\CCC)OC(=O)CCCCCCCCCCCCCCC. The summed E-state index contributed by atoms with van der Waals surface area (Å²) in [6.07, 6.45) is 59.1. The van der Waals surface area contributed by atoms with Crippen LogP contribution in [0, 0.1) is 0 Å². The predicted molar refractivity (Wildman–Crippen MR) is 242 cm³/mol. The maximum Gasteiger partial charge on any atom is 0.306 e. The summed E-state index contributed by atoms with van der Waals surface area (Å²) in [5, 5.41) is 0. The first-order valence-electron chi connectivity index (χ1n) is 23.5. The minimum Gasteiger partial charge on any atom is -0.462 e. The first-order chi connectivity index (χ1) is 27.6. The largest absolute Gasteiger partial charge is 0.462 e. The molecule has 1 atom stereocenters. The lowest BCUT2D eigenvalue weighted by atomic mass is 10.0. The van der Waals surface area contributed by atoms with E-state index in [9.17, 15) is 9.59 Å². The number of carbonyl (C=O) groups is 2. The van der Waals surface area contributed by atoms with E-state index in [4.69, 9.17) is 14.2 Å². The van der Waals surface area contributed by atoms with Crippen LogP contribution in [0.1, 0.15) is 213 Å². The van der Waals surface area contributed by atoms with E-state index in [1.54, 1.807) is 0 Å². The summed E-state index contributed by atoms with van der Waals surface area (Å²) in [7, 11) is 0. The van der Waals surface area contributed by atoms with Crippen LogP contribution in [-0.2, 0) is 23.8 Å². The van der Waals surface area contributed by atoms with Crippen molar-refractivity contribution in [1.82, 2.24) is 0 Å². The highest BCUT2D eigenvalue weighted by Gasteiger charge is 2.17. The van der Waals surface area contributed by atoms with E-state index in [0.717, 1.165) is 57.8 Å². The van der Waals surface area contributed by atoms with Crippen LogP contribution in [0.2, 0.25) is 0 Å². The maximum absolute atomic E-state index is 12.7. The third-order valence-electron chi connectivity index (χ3n) is 9.72. The van der Waals surface area contributed by atoms with Crippen molar-refractivity contribution in [3.63, 3.8) is 0 Å². The monoisotopic (exact) mass is 781 g/mol. The van der Waals surface area contributed by atoms with E-state index >= 15 is 0 Å². The number of esters is 2. The molecule has 322 valence electrons. The second-order valence-electron chi connectivity index (χ2n) is 15.3. The normalized spacial score (nSPS) is 12.8. The van der Waals surface area contributed by atoms with E-state index in [1.807, 2.05) is 6.08 Å². The minimum absolute atomic E-state index is 0.0425. The summed E-state index contributed by atoms with van der Waals surface area (Å²) in [6, 6.07) is 0. The zero-order chi connectivity index (χ0) is 40.7. The zero-order valence-corrected chi connectivity index (χ0v) is 36.9. The van der Waals surface area contributed by atoms with Crippen molar-refractivity contribution in [3.8, 4) is 0 Å². The van der Waals surface area contributed by atoms with E-state index < -0.39 is 6.10 Å². The van der Waals surface area contributed by atoms with E-state index in [2.05, 4.69) is 87.6 Å². The first kappa shape index (κ1) is 53.3. The fourth-order valence-electron chi connectivity index (χ4n) is 6.27. The van der Waals surface area contributed by atoms with Gasteiger partial charge in [-0.25, -0.2) is 0 Å². The van der Waals surface area contributed by atoms with Crippen LogP contribution in [0.5, 0.6) is 0 Å². The van der Waals surface area contributed by atoms with Crippen LogP contribution < -0.4 is 0 Å². The Morgan fingerprint density at radius 3 is 1.43 bits per heavy atom. The Labute approximate surface area is 347 Å². The molecule has 0 saturated carbocycles. The summed E-state index contributed by atoms with van der Waals surface area (Å²) in [5.74, 6) is -0.496. The van der Waals surface area contributed by atoms with Crippen molar-refractivity contribution in [1.29, 1.82) is 0 Å². The van der Waals surface area contributed by atoms with E-state index in [1.165, 1.54) is 116 Å². The Hall–Kier alpha value is -2.66. The van der Waals surface area contributed by atoms with E-state index in [0.29, 0.717) is 25.9 Å². The minimum atomic E-state index is -0.569. The molecule has 5 nitrogen and oxygen atoms in total. The van der Waals surface area contributed by atoms with Crippen molar-refractivity contribution in [3.05, 3.63) is 72.9 Å². The lowest BCUT2D eigenvalue weighted by Gasteiger charge is -2.18. The van der Waals surface area contributed by atoms with Gasteiger partial charge in [0.25, 0.3) is 0 Å². The molecule has 0 heterocycles. The van der Waals surface area contributed by atoms with Gasteiger partial charge in [0.2, 0.25) is 0 Å². The summed E-state index contributed by atoms with van der Waals surface area (Å²) < 4.78 is 17.3. The average molecular weight is 781 g/mol. The molecule has 5 heteroatoms. The van der Waals surface area contributed by atoms with Crippen molar-refractivity contribution < 1.29 is 23.8 Å². The lowest BCUT2D eigenvalue weighted by Crippen LogP contribution is -2.30. The first-order valence-corrected chi connectivity index (χ1v) is 23.5. The van der Waals surface area contributed by atoms with Crippen LogP contribution in [-0.4, -0.2) is 37.9 Å². The molecular formula is C51H88O5. The van der Waals surface area contributed by atoms with Crippen molar-refractivity contribution in [2.75, 3.05) is 19.8 Å². The van der Waals surface area contributed by atoms with Gasteiger partial charge in [0.05, 0.1) is 6.61 Å². The van der Waals surface area contributed by atoms with Gasteiger partial charge in [-0.1, -0.05) is 203 Å². The number of hydrogen-bond acceptors (Lipinski definition) is 5. The van der Waals surface area contributed by atoms with Gasteiger partial charge >= 0.3 is 11.9 Å². The smallest absolute Gasteiger partial charge is 0.306 e. The van der Waals surface area contributed by atoms with Crippen molar-refractivity contribution in [2.24, 2.45) is 0 Å². The Morgan fingerprint density at radius 2 is 0.875 bits per heavy atom. The summed E-state index contributed by atoms with van der Waals surface area (Å²) in [6.45, 7) is 7.55. The van der Waals surface area contributed by atoms with Crippen molar-refractivity contribution >= 4 is 11.9 Å². The highest BCUT2D eigenvalue weighted by molar-refractivity contribution is 5.70. The van der Waals surface area contributed by atoms with Crippen LogP contribution in [0.15, 0.2) is 72.9 Å². The molecule has 0 spiro atoms. The molecule has 1 unspecified atom stereocenters. The molecule has 0 radical (unpaired) electrons. The molecule has 0 rings (SSSR count). The van der Waals surface area contributed by atoms with Gasteiger partial charge < -0.3 is 14.2 Å². The lowest BCUT2D eigenvalue weighted by molar-refractivity contribution is -0.162. The van der Waals surface area contributed by atoms with Crippen LogP contribution in [0.25, 0.3) is 0 Å². The van der Waals surface area contributed by atoms with Gasteiger partial charge in [-0.05, 0) is 70.6 Å². The van der Waals surface area contributed by atoms with Gasteiger partial charge in [0, 0.05) is 19.4 Å². The van der Waals surface area contributed by atoms with Crippen molar-refractivity contribution in [2.45, 2.75) is 219 Å². The highest BCUT2D eigenvalue weighted by atomic mass is 16.6. The molecule has 0 aromatic rings. The molecule has 0 N–H and O–H groups in total. The van der Waals surface area contributed by atoms with Crippen LogP contribution >= 0.6 is 0 Å². The standard InChI is InChI=1S/C51H88O5/c1-4-7-10-13-16-19-22-25-28-31-34-37-40-43-46-54-47-49(56-51(53)45-42-39-36-33-30-27-24-21-18-15-12-9-6-3)48-55-50(52)44-41-38-35-32-29-26-23-20-17-14-11-8-5-2/h8,10-11,13,17,19-20,22,26,29,35,38,49H,4-7,9,12,14-16,18,21,23-25,27-28,30-34,36-37,39-48H2,1-3H3/b11-8-,13-10-,20-17-,22-19-,29-26-,38-35-. The topological polar surface area (TPSA) is 61.8 Å². The molecule has 0 amide bonds. The number of hydrogen-bond donors (Lipinski definition) is 0. The second kappa shape index (κ2) is 46.7. The highest BCUT2D eigenvalue weighted by Crippen LogP contribution is 2.14. The predicted octanol–water partition coefficient (Wildman–Crippen LogP) is 15.6. The van der Waals surface area contributed by atoms with Gasteiger partial charge in [0.1, 0.15) is 6.61 Å². The van der Waals surface area contributed by atoms with Crippen LogP contribution in [0.4, 0.5) is 0 Å². The Balaban J connectivity index is 4.37. The number of allylic oxidation sites excluding steroid dienone is 12. The zero-order valence-electron chi connectivity index (χ0n) is 36.9. The van der Waals surface area contributed by atoms with Gasteiger partial charge in [-0.15, -0.1) is 0 Å². The number of rotatable bonds is 42. The Bertz CT molecular complexity index is 1020. The molecule has 0 bridgehead atoms. The fourth-order valence-corrected chi connectivity index (χ4v) is 6.27. The van der Waals surface area contributed by atoms with Gasteiger partial charge in [0.15, 0.2) is 6.10 Å². The third kappa shape index (κ3) is 44.1. The molecule has 0 aliphatic rings. The Kier molecular flexibility index (Phi) is 44.5. The molecular weight excluding hydrogens is 693 g/mol. The third-order valence-corrected chi connectivity index (χ3v) is 9.72. The van der Waals surface area contributed by atoms with Gasteiger partial charge in [-0.2, -0.15) is 0 Å².